The van der Waals surface area contributed by atoms with Crippen molar-refractivity contribution < 1.29 is 4.79 Å². The Balaban J connectivity index is 2.44. The van der Waals surface area contributed by atoms with Crippen molar-refractivity contribution in [3.63, 3.8) is 0 Å². The molecule has 104 valence electrons. The molecule has 3 N–H and O–H groups in total. The van der Waals surface area contributed by atoms with Gasteiger partial charge in [0, 0.05) is 18.8 Å². The van der Waals surface area contributed by atoms with Gasteiger partial charge in [-0.25, -0.2) is 0 Å². The Hall–Kier alpha value is -1.55. The molecule has 4 heteroatoms. The Morgan fingerprint density at radius 1 is 1.42 bits per heavy atom. The van der Waals surface area contributed by atoms with Crippen LogP contribution in [0.4, 0.5) is 5.69 Å². The third kappa shape index (κ3) is 2.73. The molecule has 19 heavy (non-hydrogen) atoms. The molecule has 2 rings (SSSR count). The lowest BCUT2D eigenvalue weighted by atomic mass is 9.96. The number of piperazine rings is 1. The Bertz CT molecular complexity index is 496. The number of hydrogen-bond donors (Lipinski definition) is 2. The summed E-state index contributed by atoms with van der Waals surface area (Å²) in [5, 5.41) is 3.03. The summed E-state index contributed by atoms with van der Waals surface area (Å²) in [6.07, 6.45) is 0. The van der Waals surface area contributed by atoms with Gasteiger partial charge in [0.2, 0.25) is 5.91 Å². The van der Waals surface area contributed by atoms with Crippen molar-refractivity contribution in [2.45, 2.75) is 39.3 Å². The van der Waals surface area contributed by atoms with Crippen LogP contribution in [0.1, 0.15) is 25.0 Å². The third-order valence-electron chi connectivity index (χ3n) is 3.60. The predicted octanol–water partition coefficient (Wildman–Crippen LogP) is 1.35. The zero-order chi connectivity index (χ0) is 14.2. The Labute approximate surface area is 115 Å². The van der Waals surface area contributed by atoms with Crippen LogP contribution >= 0.6 is 0 Å². The summed E-state index contributed by atoms with van der Waals surface area (Å²) in [7, 11) is 0. The maximum atomic E-state index is 12.2. The fraction of sp³-hybridized carbons (Fsp3) is 0.533. The van der Waals surface area contributed by atoms with Crippen LogP contribution in [-0.4, -0.2) is 30.6 Å². The molecular formula is C15H23N3O. The summed E-state index contributed by atoms with van der Waals surface area (Å²) in [4.78, 5) is 14.3. The number of hydrogen-bond acceptors (Lipinski definition) is 3. The highest BCUT2D eigenvalue weighted by Crippen LogP contribution is 2.27. The molecule has 0 aromatic heterocycles. The van der Waals surface area contributed by atoms with E-state index in [0.717, 1.165) is 12.2 Å². The fourth-order valence-corrected chi connectivity index (χ4v) is 2.65. The zero-order valence-electron chi connectivity index (χ0n) is 12.2. The highest BCUT2D eigenvalue weighted by Gasteiger charge is 2.38. The second-order valence-corrected chi connectivity index (χ2v) is 6.04. The molecule has 0 bridgehead atoms. The van der Waals surface area contributed by atoms with Crippen LogP contribution in [0, 0.1) is 13.8 Å². The monoisotopic (exact) mass is 261 g/mol. The summed E-state index contributed by atoms with van der Waals surface area (Å²) in [6, 6.07) is 6.03. The molecule has 1 fully saturated rings. The number of nitrogens with zero attached hydrogens (tertiary/aromatic N) is 1. The van der Waals surface area contributed by atoms with E-state index in [1.165, 1.54) is 11.1 Å². The molecule has 1 atom stereocenters. The molecule has 0 saturated carbocycles. The Morgan fingerprint density at radius 2 is 2.11 bits per heavy atom. The van der Waals surface area contributed by atoms with Crippen LogP contribution in [0.5, 0.6) is 0 Å². The number of carbonyl (C=O) groups is 1. The van der Waals surface area contributed by atoms with Gasteiger partial charge in [-0.05, 0) is 44.9 Å². The molecule has 1 aliphatic rings. The molecule has 0 aliphatic carbocycles. The van der Waals surface area contributed by atoms with E-state index in [0.29, 0.717) is 6.54 Å². The van der Waals surface area contributed by atoms with Crippen LogP contribution in [0.2, 0.25) is 0 Å². The molecule has 1 saturated heterocycles. The maximum absolute atomic E-state index is 12.2. The molecule has 1 aliphatic heterocycles. The summed E-state index contributed by atoms with van der Waals surface area (Å²) in [6.45, 7) is 9.31. The lowest BCUT2D eigenvalue weighted by Crippen LogP contribution is -2.66. The lowest BCUT2D eigenvalue weighted by molar-refractivity contribution is -0.125. The van der Waals surface area contributed by atoms with Crippen LogP contribution < -0.4 is 16.0 Å². The lowest BCUT2D eigenvalue weighted by Gasteiger charge is -2.45. The van der Waals surface area contributed by atoms with Gasteiger partial charge in [0.15, 0.2) is 0 Å². The maximum Gasteiger partial charge on any atom is 0.244 e. The van der Waals surface area contributed by atoms with Crippen LogP contribution in [-0.2, 0) is 4.79 Å². The predicted molar refractivity (Wildman–Crippen MR) is 78.3 cm³/mol. The minimum atomic E-state index is -0.284. The summed E-state index contributed by atoms with van der Waals surface area (Å²) in [5.74, 6) is 0.0136. The van der Waals surface area contributed by atoms with Crippen molar-refractivity contribution in [2.24, 2.45) is 5.73 Å². The van der Waals surface area contributed by atoms with Gasteiger partial charge in [-0.1, -0.05) is 12.1 Å². The van der Waals surface area contributed by atoms with Gasteiger partial charge in [-0.3, -0.25) is 4.79 Å². The van der Waals surface area contributed by atoms with Crippen molar-refractivity contribution in [3.8, 4) is 0 Å². The number of aryl methyl sites for hydroxylation is 2. The summed E-state index contributed by atoms with van der Waals surface area (Å²) >= 11 is 0. The average Bonchev–Trinajstić information content (AvgIpc) is 2.30. The number of carbonyl (C=O) groups excluding carboxylic acids is 1. The SMILES string of the molecule is Cc1ccc(C)c(N2CC(C)(C)NC(=O)C2CN)c1. The number of amides is 1. The smallest absolute Gasteiger partial charge is 0.244 e. The largest absolute Gasteiger partial charge is 0.356 e. The van der Waals surface area contributed by atoms with Gasteiger partial charge in [0.25, 0.3) is 0 Å². The molecule has 0 radical (unpaired) electrons. The Morgan fingerprint density at radius 3 is 2.74 bits per heavy atom. The molecular weight excluding hydrogens is 238 g/mol. The van der Waals surface area contributed by atoms with E-state index in [2.05, 4.69) is 42.3 Å². The first-order valence-electron chi connectivity index (χ1n) is 6.70. The molecule has 1 heterocycles. The van der Waals surface area contributed by atoms with Crippen molar-refractivity contribution >= 4 is 11.6 Å². The molecule has 1 amide bonds. The van der Waals surface area contributed by atoms with Gasteiger partial charge in [0.05, 0.1) is 5.54 Å². The molecule has 0 spiro atoms. The second kappa shape index (κ2) is 4.85. The van der Waals surface area contributed by atoms with E-state index < -0.39 is 0 Å². The fourth-order valence-electron chi connectivity index (χ4n) is 2.65. The van der Waals surface area contributed by atoms with E-state index in [-0.39, 0.29) is 17.5 Å². The number of anilines is 1. The van der Waals surface area contributed by atoms with Crippen LogP contribution in [0.3, 0.4) is 0 Å². The van der Waals surface area contributed by atoms with Crippen molar-refractivity contribution in [1.82, 2.24) is 5.32 Å². The first-order valence-corrected chi connectivity index (χ1v) is 6.70. The minimum Gasteiger partial charge on any atom is -0.356 e. The first-order chi connectivity index (χ1) is 8.84. The van der Waals surface area contributed by atoms with E-state index in [9.17, 15) is 4.79 Å². The molecule has 1 aromatic rings. The van der Waals surface area contributed by atoms with E-state index in [1.54, 1.807) is 0 Å². The van der Waals surface area contributed by atoms with E-state index in [4.69, 9.17) is 5.73 Å². The summed E-state index contributed by atoms with van der Waals surface area (Å²) < 4.78 is 0. The summed E-state index contributed by atoms with van der Waals surface area (Å²) in [5.41, 5.74) is 9.04. The third-order valence-corrected chi connectivity index (χ3v) is 3.60. The second-order valence-electron chi connectivity index (χ2n) is 6.04. The van der Waals surface area contributed by atoms with Gasteiger partial charge < -0.3 is 16.0 Å². The van der Waals surface area contributed by atoms with Crippen molar-refractivity contribution in [2.75, 3.05) is 18.0 Å². The average molecular weight is 261 g/mol. The number of benzene rings is 1. The van der Waals surface area contributed by atoms with E-state index >= 15 is 0 Å². The zero-order valence-corrected chi connectivity index (χ0v) is 12.2. The molecule has 4 nitrogen and oxygen atoms in total. The number of nitrogens with one attached hydrogen (secondary N) is 1. The normalized spacial score (nSPS) is 22.3. The highest BCUT2D eigenvalue weighted by molar-refractivity contribution is 5.88. The quantitative estimate of drug-likeness (QED) is 0.845. The molecule has 1 aromatic carbocycles. The van der Waals surface area contributed by atoms with Gasteiger partial charge in [-0.2, -0.15) is 0 Å². The van der Waals surface area contributed by atoms with Crippen molar-refractivity contribution in [1.29, 1.82) is 0 Å². The van der Waals surface area contributed by atoms with Gasteiger partial charge in [-0.15, -0.1) is 0 Å². The minimum absolute atomic E-state index is 0.0136. The first kappa shape index (κ1) is 13.9. The van der Waals surface area contributed by atoms with Gasteiger partial charge in [0.1, 0.15) is 6.04 Å². The topological polar surface area (TPSA) is 58.4 Å². The highest BCUT2D eigenvalue weighted by atomic mass is 16.2. The van der Waals surface area contributed by atoms with E-state index in [1.807, 2.05) is 13.8 Å². The standard InChI is InChI=1S/C15H23N3O/c1-10-5-6-11(2)12(7-10)18-9-15(3,4)17-14(19)13(18)8-16/h5-7,13H,8-9,16H2,1-4H3,(H,17,19). The molecule has 1 unspecified atom stereocenters. The van der Waals surface area contributed by atoms with Crippen LogP contribution in [0.25, 0.3) is 0 Å². The van der Waals surface area contributed by atoms with Gasteiger partial charge >= 0.3 is 0 Å². The number of rotatable bonds is 2. The number of nitrogens with two attached hydrogens (primary N) is 1. The van der Waals surface area contributed by atoms with Crippen molar-refractivity contribution in [3.05, 3.63) is 29.3 Å². The Kier molecular flexibility index (Phi) is 3.54. The van der Waals surface area contributed by atoms with Crippen LogP contribution in [0.15, 0.2) is 18.2 Å².